The van der Waals surface area contributed by atoms with E-state index in [-0.39, 0.29) is 11.5 Å². The minimum atomic E-state index is -0.0569. The summed E-state index contributed by atoms with van der Waals surface area (Å²) in [5, 5.41) is 11.9. The molecule has 10 bridgehead atoms. The molecule has 9 saturated carbocycles. The normalized spacial score (nSPS) is 68.9. The van der Waals surface area contributed by atoms with Gasteiger partial charge in [-0.25, -0.2) is 0 Å². The maximum atomic E-state index is 11.6. The van der Waals surface area contributed by atoms with Crippen molar-refractivity contribution < 1.29 is 5.11 Å². The molecule has 0 aromatic carbocycles. The van der Waals surface area contributed by atoms with Crippen LogP contribution in [-0.2, 0) is 0 Å². The minimum absolute atomic E-state index is 0.0569. The average Bonchev–Trinajstić information content (AvgIpc) is 3.09. The first kappa shape index (κ1) is 18.2. The van der Waals surface area contributed by atoms with Crippen molar-refractivity contribution in [2.24, 2.45) is 52.3 Å². The molecule has 10 rings (SSSR count). The summed E-state index contributed by atoms with van der Waals surface area (Å²) < 4.78 is 0.508. The molecule has 0 spiro atoms. The van der Waals surface area contributed by atoms with E-state index in [9.17, 15) is 5.11 Å². The monoisotopic (exact) mass is 480 g/mol. The van der Waals surface area contributed by atoms with Crippen LogP contribution < -0.4 is 0 Å². The second kappa shape index (κ2) is 5.63. The van der Waals surface area contributed by atoms with Gasteiger partial charge in [-0.3, -0.25) is 0 Å². The van der Waals surface area contributed by atoms with Crippen LogP contribution in [0.3, 0.4) is 0 Å². The Labute approximate surface area is 187 Å². The van der Waals surface area contributed by atoms with E-state index in [2.05, 4.69) is 0 Å². The predicted molar refractivity (Wildman–Crippen MR) is 117 cm³/mol. The Morgan fingerprint density at radius 2 is 1.00 bits per heavy atom. The van der Waals surface area contributed by atoms with E-state index < -0.39 is 0 Å². The average molecular weight is 480 g/mol. The second-order valence-corrected chi connectivity index (χ2v) is 17.1. The Morgan fingerprint density at radius 3 is 1.28 bits per heavy atom. The summed E-state index contributed by atoms with van der Waals surface area (Å²) in [6.07, 6.45) is 19.7. The first-order valence-electron chi connectivity index (χ1n) is 13.0. The maximum absolute atomic E-state index is 11.6. The number of aliphatic hydroxyl groups is 1. The van der Waals surface area contributed by atoms with Gasteiger partial charge in [-0.2, -0.15) is 0 Å². The molecule has 0 amide bonds. The van der Waals surface area contributed by atoms with Crippen molar-refractivity contribution in [2.75, 3.05) is 0 Å². The summed E-state index contributed by atoms with van der Waals surface area (Å²) in [6.45, 7) is 0. The van der Waals surface area contributed by atoms with E-state index >= 15 is 0 Å². The zero-order valence-corrected chi connectivity index (χ0v) is 20.2. The molecule has 9 aliphatic carbocycles. The standard InChI is InChI=1S/C26H37ClOSe/c27-21-7-20-22(28)23(21)29-26(20,24-8-14-1-15(9-24)3-16(2-14)10-24)25-11-17-4-18(12-25)6-19(5-17)13-25/h14-23,28H,1-13H2/t14?,15?,16?,17?,18?,19?,20-,21-,22-,23+,24?,25?,26?/m1/s1. The summed E-state index contributed by atoms with van der Waals surface area (Å²) in [5.74, 6) is 6.76. The van der Waals surface area contributed by atoms with E-state index in [0.717, 1.165) is 41.9 Å². The molecule has 160 valence electrons. The molecule has 1 heterocycles. The molecule has 1 saturated heterocycles. The van der Waals surface area contributed by atoms with Gasteiger partial charge in [0.15, 0.2) is 0 Å². The number of alkyl halides is 1. The molecule has 4 atom stereocenters. The summed E-state index contributed by atoms with van der Waals surface area (Å²) in [6, 6.07) is 0. The molecule has 10 aliphatic rings. The Balaban J connectivity index is 1.32. The molecule has 1 N–H and O–H groups in total. The first-order chi connectivity index (χ1) is 14.0. The number of aliphatic hydroxyl groups excluding tert-OH is 1. The van der Waals surface area contributed by atoms with Gasteiger partial charge in [-0.15, -0.1) is 0 Å². The van der Waals surface area contributed by atoms with Crippen molar-refractivity contribution in [1.29, 1.82) is 0 Å². The molecule has 0 unspecified atom stereocenters. The summed E-state index contributed by atoms with van der Waals surface area (Å²) in [7, 11) is 0. The van der Waals surface area contributed by atoms with E-state index in [1.54, 1.807) is 77.0 Å². The van der Waals surface area contributed by atoms with Crippen LogP contribution in [0.5, 0.6) is 0 Å². The van der Waals surface area contributed by atoms with Gasteiger partial charge >= 0.3 is 188 Å². The summed E-state index contributed by atoms with van der Waals surface area (Å²) in [4.78, 5) is 0.468. The number of fused-ring (bicyclic) bond motifs is 2. The van der Waals surface area contributed by atoms with Crippen LogP contribution in [0.15, 0.2) is 0 Å². The quantitative estimate of drug-likeness (QED) is 0.376. The van der Waals surface area contributed by atoms with E-state index in [1.165, 1.54) is 0 Å². The molecule has 3 heteroatoms. The van der Waals surface area contributed by atoms with Crippen molar-refractivity contribution in [1.82, 2.24) is 0 Å². The summed E-state index contributed by atoms with van der Waals surface area (Å²) in [5.41, 5.74) is 1.20. The van der Waals surface area contributed by atoms with Crippen LogP contribution >= 0.6 is 11.6 Å². The van der Waals surface area contributed by atoms with Gasteiger partial charge in [-0.05, 0) is 0 Å². The molecule has 0 radical (unpaired) electrons. The Hall–Kier alpha value is 0.769. The fourth-order valence-electron chi connectivity index (χ4n) is 12.5. The number of halogens is 1. The molecule has 0 aromatic rings. The van der Waals surface area contributed by atoms with E-state index in [0.29, 0.717) is 40.8 Å². The number of rotatable bonds is 2. The topological polar surface area (TPSA) is 20.2 Å². The fourth-order valence-corrected chi connectivity index (χ4v) is 18.2. The molecule has 10 fully saturated rings. The van der Waals surface area contributed by atoms with Gasteiger partial charge in [0.1, 0.15) is 0 Å². The molecule has 29 heavy (non-hydrogen) atoms. The van der Waals surface area contributed by atoms with Crippen molar-refractivity contribution in [3.8, 4) is 0 Å². The third-order valence-corrected chi connectivity index (χ3v) is 17.9. The zero-order chi connectivity index (χ0) is 19.2. The van der Waals surface area contributed by atoms with Crippen LogP contribution in [0.1, 0.15) is 83.5 Å². The molecular formula is C26H37ClOSe. The van der Waals surface area contributed by atoms with Gasteiger partial charge in [0.05, 0.1) is 0 Å². The van der Waals surface area contributed by atoms with Crippen molar-refractivity contribution in [2.45, 2.75) is 104 Å². The first-order valence-corrected chi connectivity index (χ1v) is 15.3. The van der Waals surface area contributed by atoms with Crippen LogP contribution in [0.2, 0.25) is 9.13 Å². The Bertz CT molecular complexity index is 632. The SMILES string of the molecule is O[C@H]1[C@H]2[Se]C(C34CC5CC(CC(C5)C3)C4)(C34CC5CC(CC(C5)C3)C4)[C@@H]1C[C@H]2Cl. The van der Waals surface area contributed by atoms with Crippen LogP contribution in [0.25, 0.3) is 0 Å². The van der Waals surface area contributed by atoms with Gasteiger partial charge in [0.2, 0.25) is 0 Å². The Kier molecular flexibility index (Phi) is 3.54. The van der Waals surface area contributed by atoms with E-state index in [4.69, 9.17) is 11.6 Å². The molecule has 1 nitrogen and oxygen atoms in total. The van der Waals surface area contributed by atoms with Crippen LogP contribution in [0, 0.1) is 52.3 Å². The molecular weight excluding hydrogens is 443 g/mol. The third-order valence-electron chi connectivity index (χ3n) is 12.1. The van der Waals surface area contributed by atoms with Gasteiger partial charge in [-0.1, -0.05) is 0 Å². The molecule has 1 aliphatic heterocycles. The van der Waals surface area contributed by atoms with Gasteiger partial charge < -0.3 is 0 Å². The third kappa shape index (κ3) is 2.07. The fraction of sp³-hybridized carbons (Fsp3) is 1.00. The van der Waals surface area contributed by atoms with Gasteiger partial charge in [0.25, 0.3) is 0 Å². The zero-order valence-electron chi connectivity index (χ0n) is 17.7. The van der Waals surface area contributed by atoms with Crippen LogP contribution in [-0.4, -0.2) is 31.5 Å². The van der Waals surface area contributed by atoms with E-state index in [1.807, 2.05) is 0 Å². The Morgan fingerprint density at radius 1 is 0.621 bits per heavy atom. The van der Waals surface area contributed by atoms with Crippen molar-refractivity contribution >= 4 is 26.6 Å². The second-order valence-electron chi connectivity index (χ2n) is 13.6. The number of hydrogen-bond donors (Lipinski definition) is 1. The molecule has 0 aromatic heterocycles. The number of hydrogen-bond acceptors (Lipinski definition) is 1. The van der Waals surface area contributed by atoms with Crippen molar-refractivity contribution in [3.63, 3.8) is 0 Å². The van der Waals surface area contributed by atoms with Crippen LogP contribution in [0.4, 0.5) is 0 Å². The van der Waals surface area contributed by atoms with Gasteiger partial charge in [0, 0.05) is 0 Å². The predicted octanol–water partition coefficient (Wildman–Crippen LogP) is 6.07. The summed E-state index contributed by atoms with van der Waals surface area (Å²) >= 11 is 7.46. The van der Waals surface area contributed by atoms with Crippen molar-refractivity contribution in [3.05, 3.63) is 0 Å².